The zero-order valence-electron chi connectivity index (χ0n) is 12.4. The lowest BCUT2D eigenvalue weighted by molar-refractivity contribution is 0.0856. The molecule has 1 aliphatic heterocycles. The summed E-state index contributed by atoms with van der Waals surface area (Å²) in [5.41, 5.74) is 1.09. The van der Waals surface area contributed by atoms with E-state index in [1.54, 1.807) is 0 Å². The third-order valence-corrected chi connectivity index (χ3v) is 3.76. The quantitative estimate of drug-likeness (QED) is 0.743. The highest BCUT2D eigenvalue weighted by Gasteiger charge is 2.24. The van der Waals surface area contributed by atoms with Gasteiger partial charge in [-0.05, 0) is 31.7 Å². The number of rotatable bonds is 6. The predicted molar refractivity (Wildman–Crippen MR) is 81.1 cm³/mol. The van der Waals surface area contributed by atoms with Gasteiger partial charge in [0.2, 0.25) is 0 Å². The van der Waals surface area contributed by atoms with Gasteiger partial charge in [-0.25, -0.2) is 4.79 Å². The van der Waals surface area contributed by atoms with Crippen molar-refractivity contribution in [2.75, 3.05) is 13.2 Å². The Morgan fingerprint density at radius 2 is 2.14 bits per heavy atom. The summed E-state index contributed by atoms with van der Waals surface area (Å²) in [4.78, 5) is 12.0. The van der Waals surface area contributed by atoms with Crippen LogP contribution in [0.5, 0.6) is 0 Å². The van der Waals surface area contributed by atoms with Crippen molar-refractivity contribution in [3.63, 3.8) is 0 Å². The van der Waals surface area contributed by atoms with Crippen LogP contribution in [0.2, 0.25) is 0 Å². The molecule has 1 heterocycles. The van der Waals surface area contributed by atoms with Crippen molar-refractivity contribution in [1.29, 1.82) is 0 Å². The maximum Gasteiger partial charge on any atom is 0.315 e. The summed E-state index contributed by atoms with van der Waals surface area (Å²) < 4.78 is 5.55. The molecule has 2 amide bonds. The van der Waals surface area contributed by atoms with E-state index < -0.39 is 0 Å². The van der Waals surface area contributed by atoms with Crippen molar-refractivity contribution in [2.24, 2.45) is 0 Å². The van der Waals surface area contributed by atoms with Crippen molar-refractivity contribution in [2.45, 2.75) is 44.4 Å². The molecule has 0 saturated carbocycles. The van der Waals surface area contributed by atoms with E-state index in [-0.39, 0.29) is 30.8 Å². The second kappa shape index (κ2) is 8.00. The molecule has 21 heavy (non-hydrogen) atoms. The van der Waals surface area contributed by atoms with Gasteiger partial charge in [-0.1, -0.05) is 30.3 Å². The van der Waals surface area contributed by atoms with Crippen LogP contribution in [0.3, 0.4) is 0 Å². The minimum atomic E-state index is -0.288. The average Bonchev–Trinajstić information content (AvgIpc) is 3.02. The van der Waals surface area contributed by atoms with Crippen LogP contribution in [0.4, 0.5) is 4.79 Å². The number of ether oxygens (including phenoxy) is 1. The van der Waals surface area contributed by atoms with Crippen LogP contribution in [-0.2, 0) is 11.2 Å². The minimum absolute atomic E-state index is 0.0245. The summed E-state index contributed by atoms with van der Waals surface area (Å²) >= 11 is 0. The highest BCUT2D eigenvalue weighted by atomic mass is 16.5. The Morgan fingerprint density at radius 1 is 1.38 bits per heavy atom. The van der Waals surface area contributed by atoms with Gasteiger partial charge in [0.25, 0.3) is 0 Å². The molecule has 5 heteroatoms. The Hall–Kier alpha value is -1.59. The summed E-state index contributed by atoms with van der Waals surface area (Å²) in [6.07, 6.45) is 2.73. The third kappa shape index (κ3) is 5.02. The molecule has 0 radical (unpaired) electrons. The lowest BCUT2D eigenvalue weighted by atomic mass is 10.1. The number of amides is 2. The second-order valence-corrected chi connectivity index (χ2v) is 5.53. The van der Waals surface area contributed by atoms with Gasteiger partial charge in [0, 0.05) is 6.61 Å². The molecule has 1 aromatic rings. The summed E-state index contributed by atoms with van der Waals surface area (Å²) in [5.74, 6) is 0. The molecule has 0 aromatic heterocycles. The van der Waals surface area contributed by atoms with Gasteiger partial charge >= 0.3 is 6.03 Å². The van der Waals surface area contributed by atoms with Crippen LogP contribution in [0, 0.1) is 0 Å². The minimum Gasteiger partial charge on any atom is -0.394 e. The van der Waals surface area contributed by atoms with Gasteiger partial charge < -0.3 is 20.5 Å². The number of aliphatic hydroxyl groups excluding tert-OH is 1. The molecule has 1 aromatic carbocycles. The summed E-state index contributed by atoms with van der Waals surface area (Å²) in [6.45, 7) is 2.63. The van der Waals surface area contributed by atoms with Crippen LogP contribution >= 0.6 is 0 Å². The number of carbonyl (C=O) groups excluding carboxylic acids is 1. The Kier molecular flexibility index (Phi) is 6.02. The zero-order chi connectivity index (χ0) is 15.1. The van der Waals surface area contributed by atoms with Crippen LogP contribution < -0.4 is 10.6 Å². The number of hydrogen-bond donors (Lipinski definition) is 3. The summed E-state index contributed by atoms with van der Waals surface area (Å²) in [5, 5.41) is 15.1. The number of hydrogen-bond acceptors (Lipinski definition) is 3. The lowest BCUT2D eigenvalue weighted by Crippen LogP contribution is -2.50. The molecule has 0 bridgehead atoms. The highest BCUT2D eigenvalue weighted by Crippen LogP contribution is 2.15. The molecule has 1 fully saturated rings. The fourth-order valence-electron chi connectivity index (χ4n) is 2.58. The first kappa shape index (κ1) is 15.8. The molecule has 5 nitrogen and oxygen atoms in total. The molecular formula is C16H24N2O3. The van der Waals surface area contributed by atoms with Gasteiger partial charge in [-0.15, -0.1) is 0 Å². The average molecular weight is 292 g/mol. The number of aliphatic hydroxyl groups is 1. The Balaban J connectivity index is 1.79. The van der Waals surface area contributed by atoms with Crippen LogP contribution in [-0.4, -0.2) is 42.5 Å². The van der Waals surface area contributed by atoms with E-state index in [1.165, 1.54) is 0 Å². The molecule has 0 aliphatic carbocycles. The smallest absolute Gasteiger partial charge is 0.315 e. The fourth-order valence-corrected chi connectivity index (χ4v) is 2.58. The second-order valence-electron chi connectivity index (χ2n) is 5.53. The number of urea groups is 1. The van der Waals surface area contributed by atoms with Crippen molar-refractivity contribution >= 4 is 6.03 Å². The molecule has 3 N–H and O–H groups in total. The molecule has 0 unspecified atom stereocenters. The van der Waals surface area contributed by atoms with Crippen molar-refractivity contribution in [3.05, 3.63) is 35.9 Å². The Morgan fingerprint density at radius 3 is 2.76 bits per heavy atom. The first-order valence-corrected chi connectivity index (χ1v) is 7.52. The van der Waals surface area contributed by atoms with Gasteiger partial charge in [-0.3, -0.25) is 0 Å². The largest absolute Gasteiger partial charge is 0.394 e. The van der Waals surface area contributed by atoms with Crippen LogP contribution in [0.1, 0.15) is 25.3 Å². The first-order valence-electron chi connectivity index (χ1n) is 7.52. The van der Waals surface area contributed by atoms with Crippen molar-refractivity contribution in [3.8, 4) is 0 Å². The fraction of sp³-hybridized carbons (Fsp3) is 0.562. The molecular weight excluding hydrogens is 268 g/mol. The first-order chi connectivity index (χ1) is 10.2. The van der Waals surface area contributed by atoms with Crippen LogP contribution in [0.15, 0.2) is 30.3 Å². The molecule has 1 aliphatic rings. The maximum atomic E-state index is 12.0. The topological polar surface area (TPSA) is 70.6 Å². The van der Waals surface area contributed by atoms with Crippen molar-refractivity contribution < 1.29 is 14.6 Å². The molecule has 116 valence electrons. The SMILES string of the molecule is C[C@H](NC(=O)N[C@H](CO)Cc1ccccc1)[C@@H]1CCCO1. The standard InChI is InChI=1S/C16H24N2O3/c1-12(15-8-5-9-21-15)17-16(20)18-14(11-19)10-13-6-3-2-4-7-13/h2-4,6-7,12,14-15,19H,5,8-11H2,1H3,(H2,17,18,20)/t12-,14-,15-/m0/s1. The van der Waals surface area contributed by atoms with Crippen LogP contribution in [0.25, 0.3) is 0 Å². The monoisotopic (exact) mass is 292 g/mol. The van der Waals surface area contributed by atoms with E-state index in [0.717, 1.165) is 25.0 Å². The van der Waals surface area contributed by atoms with Gasteiger partial charge in [0.1, 0.15) is 0 Å². The number of carbonyl (C=O) groups is 1. The predicted octanol–water partition coefficient (Wildman–Crippen LogP) is 1.46. The summed E-state index contributed by atoms with van der Waals surface area (Å²) in [6, 6.07) is 9.24. The van der Waals surface area contributed by atoms with E-state index >= 15 is 0 Å². The van der Waals surface area contributed by atoms with Gasteiger partial charge in [0.05, 0.1) is 24.8 Å². The van der Waals surface area contributed by atoms with E-state index in [4.69, 9.17) is 4.74 Å². The van der Waals surface area contributed by atoms with Crippen molar-refractivity contribution in [1.82, 2.24) is 10.6 Å². The molecule has 1 saturated heterocycles. The molecule has 2 rings (SSSR count). The van der Waals surface area contributed by atoms with E-state index in [0.29, 0.717) is 6.42 Å². The highest BCUT2D eigenvalue weighted by molar-refractivity contribution is 5.74. The molecule has 3 atom stereocenters. The van der Waals surface area contributed by atoms with E-state index in [9.17, 15) is 9.90 Å². The van der Waals surface area contributed by atoms with Gasteiger partial charge in [-0.2, -0.15) is 0 Å². The number of nitrogens with one attached hydrogen (secondary N) is 2. The number of benzene rings is 1. The Labute approximate surface area is 125 Å². The summed E-state index contributed by atoms with van der Waals surface area (Å²) in [7, 11) is 0. The normalized spacial score (nSPS) is 20.8. The zero-order valence-corrected chi connectivity index (χ0v) is 12.4. The Bertz CT molecular complexity index is 432. The third-order valence-electron chi connectivity index (χ3n) is 3.76. The maximum absolute atomic E-state index is 12.0. The lowest BCUT2D eigenvalue weighted by Gasteiger charge is -2.22. The van der Waals surface area contributed by atoms with E-state index in [2.05, 4.69) is 10.6 Å². The molecule has 0 spiro atoms. The van der Waals surface area contributed by atoms with E-state index in [1.807, 2.05) is 37.3 Å². The van der Waals surface area contributed by atoms with Gasteiger partial charge in [0.15, 0.2) is 0 Å².